The summed E-state index contributed by atoms with van der Waals surface area (Å²) in [6.07, 6.45) is 0. The third kappa shape index (κ3) is 3.63. The molecular weight excluding hydrogens is 230 g/mol. The second-order valence-electron chi connectivity index (χ2n) is 4.82. The first-order chi connectivity index (χ1) is 8.39. The minimum Gasteiger partial charge on any atom is -0.397 e. The van der Waals surface area contributed by atoms with Gasteiger partial charge >= 0.3 is 0 Å². The number of carbonyl (C=O) groups excluding carboxylic acids is 1. The molecule has 0 fully saturated rings. The van der Waals surface area contributed by atoms with Crippen molar-refractivity contribution in [1.82, 2.24) is 5.32 Å². The van der Waals surface area contributed by atoms with Gasteiger partial charge in [-0.15, -0.1) is 0 Å². The number of nitrogens with one attached hydrogen (secondary N) is 2. The molecule has 1 amide bonds. The van der Waals surface area contributed by atoms with E-state index in [4.69, 9.17) is 10.5 Å². The van der Waals surface area contributed by atoms with Gasteiger partial charge in [-0.3, -0.25) is 4.79 Å². The lowest BCUT2D eigenvalue weighted by molar-refractivity contribution is 0.0963. The minimum atomic E-state index is -0.260. The van der Waals surface area contributed by atoms with E-state index in [2.05, 4.69) is 10.6 Å². The van der Waals surface area contributed by atoms with Crippen LogP contribution >= 0.6 is 0 Å². The van der Waals surface area contributed by atoms with E-state index >= 15 is 0 Å². The highest BCUT2D eigenvalue weighted by atomic mass is 16.5. The molecule has 1 aromatic rings. The van der Waals surface area contributed by atoms with Crippen LogP contribution in [0.4, 0.5) is 11.4 Å². The summed E-state index contributed by atoms with van der Waals surface area (Å²) in [5.74, 6) is -0.136. The normalized spacial score (nSPS) is 11.1. The van der Waals surface area contributed by atoms with Gasteiger partial charge < -0.3 is 21.1 Å². The molecule has 0 unspecified atom stereocenters. The van der Waals surface area contributed by atoms with Gasteiger partial charge in [-0.2, -0.15) is 0 Å². The fourth-order valence-corrected chi connectivity index (χ4v) is 1.71. The quantitative estimate of drug-likeness (QED) is 0.693. The maximum Gasteiger partial charge on any atom is 0.251 e. The maximum absolute atomic E-state index is 11.6. The van der Waals surface area contributed by atoms with Crippen LogP contribution in [-0.2, 0) is 4.74 Å². The summed E-state index contributed by atoms with van der Waals surface area (Å²) < 4.78 is 5.13. The van der Waals surface area contributed by atoms with Gasteiger partial charge in [0, 0.05) is 19.7 Å². The Morgan fingerprint density at radius 2 is 2.11 bits per heavy atom. The molecule has 0 bridgehead atoms. The molecule has 4 N–H and O–H groups in total. The van der Waals surface area contributed by atoms with Crippen molar-refractivity contribution >= 4 is 17.3 Å². The number of benzene rings is 1. The Balaban J connectivity index is 2.97. The molecule has 100 valence electrons. The van der Waals surface area contributed by atoms with Crippen LogP contribution in [0.15, 0.2) is 18.2 Å². The number of amides is 1. The molecule has 5 heteroatoms. The first-order valence-electron chi connectivity index (χ1n) is 5.78. The standard InChI is InChI=1S/C13H21N3O2/c1-13(2,8-18-4)16-11-7-9(12(17)15-3)5-6-10(11)14/h5-7,16H,8,14H2,1-4H3,(H,15,17). The molecule has 18 heavy (non-hydrogen) atoms. The second kappa shape index (κ2) is 5.73. The molecule has 0 spiro atoms. The average Bonchev–Trinajstić information content (AvgIpc) is 2.30. The molecule has 0 heterocycles. The topological polar surface area (TPSA) is 76.4 Å². The van der Waals surface area contributed by atoms with Crippen LogP contribution < -0.4 is 16.4 Å². The van der Waals surface area contributed by atoms with Gasteiger partial charge in [0.1, 0.15) is 0 Å². The van der Waals surface area contributed by atoms with Crippen molar-refractivity contribution in [3.63, 3.8) is 0 Å². The van der Waals surface area contributed by atoms with E-state index in [1.165, 1.54) is 0 Å². The van der Waals surface area contributed by atoms with E-state index in [0.717, 1.165) is 5.69 Å². The Morgan fingerprint density at radius 3 is 2.67 bits per heavy atom. The number of anilines is 2. The van der Waals surface area contributed by atoms with Gasteiger partial charge in [0.25, 0.3) is 5.91 Å². The number of carbonyl (C=O) groups is 1. The first kappa shape index (κ1) is 14.3. The van der Waals surface area contributed by atoms with Crippen molar-refractivity contribution < 1.29 is 9.53 Å². The summed E-state index contributed by atoms with van der Waals surface area (Å²) in [4.78, 5) is 11.6. The lowest BCUT2D eigenvalue weighted by Crippen LogP contribution is -2.36. The Morgan fingerprint density at radius 1 is 1.44 bits per heavy atom. The van der Waals surface area contributed by atoms with E-state index in [-0.39, 0.29) is 11.4 Å². The van der Waals surface area contributed by atoms with Gasteiger partial charge in [0.2, 0.25) is 0 Å². The number of nitrogens with two attached hydrogens (primary N) is 1. The van der Waals surface area contributed by atoms with Crippen LogP contribution in [0.1, 0.15) is 24.2 Å². The minimum absolute atomic E-state index is 0.136. The van der Waals surface area contributed by atoms with Crippen molar-refractivity contribution in [2.24, 2.45) is 0 Å². The predicted octanol–water partition coefficient (Wildman–Crippen LogP) is 1.47. The first-order valence-corrected chi connectivity index (χ1v) is 5.78. The zero-order valence-electron chi connectivity index (χ0n) is 11.3. The fraction of sp³-hybridized carbons (Fsp3) is 0.462. The zero-order chi connectivity index (χ0) is 13.8. The maximum atomic E-state index is 11.6. The van der Waals surface area contributed by atoms with Crippen molar-refractivity contribution in [2.75, 3.05) is 31.8 Å². The molecular formula is C13H21N3O2. The Bertz CT molecular complexity index is 430. The average molecular weight is 251 g/mol. The molecule has 0 saturated heterocycles. The van der Waals surface area contributed by atoms with Crippen LogP contribution in [0.25, 0.3) is 0 Å². The van der Waals surface area contributed by atoms with Crippen molar-refractivity contribution in [3.8, 4) is 0 Å². The van der Waals surface area contributed by atoms with Crippen molar-refractivity contribution in [2.45, 2.75) is 19.4 Å². The van der Waals surface area contributed by atoms with Gasteiger partial charge in [-0.25, -0.2) is 0 Å². The summed E-state index contributed by atoms with van der Waals surface area (Å²) in [5.41, 5.74) is 7.55. The van der Waals surface area contributed by atoms with Crippen LogP contribution in [0, 0.1) is 0 Å². The third-order valence-corrected chi connectivity index (χ3v) is 2.52. The van der Waals surface area contributed by atoms with E-state index in [1.807, 2.05) is 13.8 Å². The Labute approximate surface area is 108 Å². The van der Waals surface area contributed by atoms with Gasteiger partial charge in [-0.05, 0) is 32.0 Å². The molecule has 0 aliphatic carbocycles. The van der Waals surface area contributed by atoms with Crippen molar-refractivity contribution in [1.29, 1.82) is 0 Å². The smallest absolute Gasteiger partial charge is 0.251 e. The number of hydrogen-bond acceptors (Lipinski definition) is 4. The lowest BCUT2D eigenvalue weighted by Gasteiger charge is -2.27. The number of methoxy groups -OCH3 is 1. The largest absolute Gasteiger partial charge is 0.397 e. The number of hydrogen-bond donors (Lipinski definition) is 3. The molecule has 0 aliphatic rings. The highest BCUT2D eigenvalue weighted by Crippen LogP contribution is 2.24. The van der Waals surface area contributed by atoms with Crippen LogP contribution in [0.3, 0.4) is 0 Å². The monoisotopic (exact) mass is 251 g/mol. The summed E-state index contributed by atoms with van der Waals surface area (Å²) in [7, 11) is 3.24. The predicted molar refractivity (Wildman–Crippen MR) is 73.8 cm³/mol. The van der Waals surface area contributed by atoms with Gasteiger partial charge in [0.05, 0.1) is 23.5 Å². The second-order valence-corrected chi connectivity index (χ2v) is 4.82. The van der Waals surface area contributed by atoms with Gasteiger partial charge in [-0.1, -0.05) is 0 Å². The molecule has 1 rings (SSSR count). The summed E-state index contributed by atoms with van der Waals surface area (Å²) in [6, 6.07) is 5.16. The summed E-state index contributed by atoms with van der Waals surface area (Å²) in [6.45, 7) is 4.54. The van der Waals surface area contributed by atoms with E-state index in [9.17, 15) is 4.79 Å². The van der Waals surface area contributed by atoms with E-state index in [1.54, 1.807) is 32.4 Å². The molecule has 0 radical (unpaired) electrons. The molecule has 0 aliphatic heterocycles. The van der Waals surface area contributed by atoms with E-state index < -0.39 is 0 Å². The zero-order valence-corrected chi connectivity index (χ0v) is 11.3. The van der Waals surface area contributed by atoms with Crippen LogP contribution in [-0.4, -0.2) is 32.2 Å². The highest BCUT2D eigenvalue weighted by Gasteiger charge is 2.18. The third-order valence-electron chi connectivity index (χ3n) is 2.52. The fourth-order valence-electron chi connectivity index (χ4n) is 1.71. The van der Waals surface area contributed by atoms with Crippen LogP contribution in [0.5, 0.6) is 0 Å². The number of nitrogen functional groups attached to an aromatic ring is 1. The molecule has 0 aromatic heterocycles. The van der Waals surface area contributed by atoms with Crippen molar-refractivity contribution in [3.05, 3.63) is 23.8 Å². The van der Waals surface area contributed by atoms with Gasteiger partial charge in [0.15, 0.2) is 0 Å². The molecule has 5 nitrogen and oxygen atoms in total. The molecule has 0 atom stereocenters. The Kier molecular flexibility index (Phi) is 4.55. The number of ether oxygens (including phenoxy) is 1. The number of rotatable bonds is 5. The lowest BCUT2D eigenvalue weighted by atomic mass is 10.1. The Hall–Kier alpha value is -1.75. The SMILES string of the molecule is CNC(=O)c1ccc(N)c(NC(C)(C)COC)c1. The molecule has 0 saturated carbocycles. The summed E-state index contributed by atoms with van der Waals surface area (Å²) in [5, 5.41) is 5.86. The highest BCUT2D eigenvalue weighted by molar-refractivity contribution is 5.96. The summed E-state index contributed by atoms with van der Waals surface area (Å²) >= 11 is 0. The molecule has 1 aromatic carbocycles. The van der Waals surface area contributed by atoms with E-state index in [0.29, 0.717) is 17.9 Å². The van der Waals surface area contributed by atoms with Crippen LogP contribution in [0.2, 0.25) is 0 Å².